The lowest BCUT2D eigenvalue weighted by molar-refractivity contribution is 0.354. The van der Waals surface area contributed by atoms with E-state index >= 15 is 0 Å². The van der Waals surface area contributed by atoms with Crippen LogP contribution in [-0.2, 0) is 6.42 Å². The van der Waals surface area contributed by atoms with E-state index in [0.29, 0.717) is 18.3 Å². The standard InChI is InChI=1S/C21H24N4O3/c1-26-17-7-5-16(6-8-17)24-20-11-13-23-21(25-20)22-12-10-15-4-9-18(27-2)19(14-15)28-3/h4-9,11,13-14H,10,12H2,1-3H3,(H2,22,23,24,25). The quantitative estimate of drug-likeness (QED) is 0.583. The number of hydrogen-bond acceptors (Lipinski definition) is 7. The molecule has 146 valence electrons. The lowest BCUT2D eigenvalue weighted by Gasteiger charge is -2.11. The van der Waals surface area contributed by atoms with Crippen LogP contribution in [0.4, 0.5) is 17.5 Å². The second kappa shape index (κ2) is 9.45. The molecule has 2 aromatic carbocycles. The second-order valence-electron chi connectivity index (χ2n) is 5.99. The molecule has 0 saturated heterocycles. The van der Waals surface area contributed by atoms with Gasteiger partial charge >= 0.3 is 0 Å². The smallest absolute Gasteiger partial charge is 0.224 e. The van der Waals surface area contributed by atoms with Crippen LogP contribution in [0.1, 0.15) is 5.56 Å². The van der Waals surface area contributed by atoms with Gasteiger partial charge in [-0.3, -0.25) is 0 Å². The van der Waals surface area contributed by atoms with Crippen LogP contribution >= 0.6 is 0 Å². The van der Waals surface area contributed by atoms with Crippen LogP contribution in [-0.4, -0.2) is 37.8 Å². The summed E-state index contributed by atoms with van der Waals surface area (Å²) in [5.74, 6) is 3.54. The third-order valence-electron chi connectivity index (χ3n) is 4.16. The molecule has 7 heteroatoms. The molecule has 1 aromatic heterocycles. The molecule has 28 heavy (non-hydrogen) atoms. The first-order valence-electron chi connectivity index (χ1n) is 8.90. The molecule has 2 N–H and O–H groups in total. The normalized spacial score (nSPS) is 10.2. The zero-order valence-corrected chi connectivity index (χ0v) is 16.2. The van der Waals surface area contributed by atoms with E-state index in [9.17, 15) is 0 Å². The first-order chi connectivity index (χ1) is 13.7. The number of hydrogen-bond donors (Lipinski definition) is 2. The Kier molecular flexibility index (Phi) is 6.51. The minimum atomic E-state index is 0.569. The van der Waals surface area contributed by atoms with Gasteiger partial charge in [0.2, 0.25) is 5.95 Å². The molecule has 0 unspecified atom stereocenters. The maximum absolute atomic E-state index is 5.34. The summed E-state index contributed by atoms with van der Waals surface area (Å²) in [5.41, 5.74) is 2.06. The largest absolute Gasteiger partial charge is 0.497 e. The molecule has 3 aromatic rings. The number of benzene rings is 2. The summed E-state index contributed by atoms with van der Waals surface area (Å²) in [7, 11) is 4.91. The Hall–Kier alpha value is -3.48. The summed E-state index contributed by atoms with van der Waals surface area (Å²) in [5, 5.41) is 6.50. The van der Waals surface area contributed by atoms with E-state index in [-0.39, 0.29) is 0 Å². The van der Waals surface area contributed by atoms with Crippen molar-refractivity contribution in [2.75, 3.05) is 38.5 Å². The van der Waals surface area contributed by atoms with Crippen molar-refractivity contribution in [3.63, 3.8) is 0 Å². The van der Waals surface area contributed by atoms with Crippen molar-refractivity contribution in [3.05, 3.63) is 60.3 Å². The summed E-state index contributed by atoms with van der Waals surface area (Å²) in [6.45, 7) is 0.696. The zero-order valence-electron chi connectivity index (χ0n) is 16.2. The monoisotopic (exact) mass is 380 g/mol. The Bertz CT molecular complexity index is 900. The zero-order chi connectivity index (χ0) is 19.8. The minimum absolute atomic E-state index is 0.569. The van der Waals surface area contributed by atoms with Gasteiger partial charge < -0.3 is 24.8 Å². The Labute approximate surface area is 164 Å². The van der Waals surface area contributed by atoms with Crippen LogP contribution in [0.25, 0.3) is 0 Å². The van der Waals surface area contributed by atoms with Gasteiger partial charge in [0.1, 0.15) is 11.6 Å². The van der Waals surface area contributed by atoms with Crippen molar-refractivity contribution in [1.82, 2.24) is 9.97 Å². The van der Waals surface area contributed by atoms with Gasteiger partial charge in [0.15, 0.2) is 11.5 Å². The number of methoxy groups -OCH3 is 3. The Morgan fingerprint density at radius 3 is 2.36 bits per heavy atom. The summed E-state index contributed by atoms with van der Waals surface area (Å²) in [6.07, 6.45) is 2.53. The first-order valence-corrected chi connectivity index (χ1v) is 8.90. The van der Waals surface area contributed by atoms with Crippen LogP contribution < -0.4 is 24.8 Å². The van der Waals surface area contributed by atoms with Gasteiger partial charge in [-0.05, 0) is 54.4 Å². The van der Waals surface area contributed by atoms with Gasteiger partial charge in [0.05, 0.1) is 21.3 Å². The maximum Gasteiger partial charge on any atom is 0.224 e. The van der Waals surface area contributed by atoms with Gasteiger partial charge in [-0.1, -0.05) is 6.07 Å². The first kappa shape index (κ1) is 19.3. The third kappa shape index (κ3) is 5.03. The molecule has 0 aliphatic carbocycles. The van der Waals surface area contributed by atoms with Gasteiger partial charge in [-0.2, -0.15) is 4.98 Å². The molecular weight excluding hydrogens is 356 g/mol. The summed E-state index contributed by atoms with van der Waals surface area (Å²) in [6, 6.07) is 15.4. The molecule has 0 fully saturated rings. The SMILES string of the molecule is COc1ccc(Nc2ccnc(NCCc3ccc(OC)c(OC)c3)n2)cc1. The highest BCUT2D eigenvalue weighted by atomic mass is 16.5. The van der Waals surface area contributed by atoms with Crippen molar-refractivity contribution >= 4 is 17.5 Å². The molecule has 0 aliphatic rings. The van der Waals surface area contributed by atoms with Crippen LogP contribution in [0.5, 0.6) is 17.2 Å². The number of nitrogens with zero attached hydrogens (tertiary/aromatic N) is 2. The average molecular weight is 380 g/mol. The predicted octanol–water partition coefficient (Wildman–Crippen LogP) is 3.90. The fraction of sp³-hybridized carbons (Fsp3) is 0.238. The molecule has 7 nitrogen and oxygen atoms in total. The molecule has 0 amide bonds. The van der Waals surface area contributed by atoms with Crippen molar-refractivity contribution in [1.29, 1.82) is 0 Å². The highest BCUT2D eigenvalue weighted by molar-refractivity contribution is 5.57. The topological polar surface area (TPSA) is 77.5 Å². The van der Waals surface area contributed by atoms with Crippen molar-refractivity contribution in [3.8, 4) is 17.2 Å². The van der Waals surface area contributed by atoms with Crippen molar-refractivity contribution < 1.29 is 14.2 Å². The molecular formula is C21H24N4O3. The van der Waals surface area contributed by atoms with Crippen molar-refractivity contribution in [2.45, 2.75) is 6.42 Å². The molecule has 0 saturated carbocycles. The predicted molar refractivity (Wildman–Crippen MR) is 110 cm³/mol. The summed E-state index contributed by atoms with van der Waals surface area (Å²) in [4.78, 5) is 8.77. The Balaban J connectivity index is 1.57. The number of ether oxygens (including phenoxy) is 3. The lowest BCUT2D eigenvalue weighted by Crippen LogP contribution is -2.09. The van der Waals surface area contributed by atoms with E-state index in [1.807, 2.05) is 48.5 Å². The van der Waals surface area contributed by atoms with Crippen LogP contribution in [0.3, 0.4) is 0 Å². The van der Waals surface area contributed by atoms with Crippen molar-refractivity contribution in [2.24, 2.45) is 0 Å². The summed E-state index contributed by atoms with van der Waals surface area (Å²) >= 11 is 0. The lowest BCUT2D eigenvalue weighted by atomic mass is 10.1. The molecule has 1 heterocycles. The highest BCUT2D eigenvalue weighted by Gasteiger charge is 2.05. The molecule has 0 aliphatic heterocycles. The van der Waals surface area contributed by atoms with E-state index in [1.165, 1.54) is 0 Å². The van der Waals surface area contributed by atoms with Crippen LogP contribution in [0.15, 0.2) is 54.7 Å². The molecule has 3 rings (SSSR count). The second-order valence-corrected chi connectivity index (χ2v) is 5.99. The van der Waals surface area contributed by atoms with E-state index in [1.54, 1.807) is 27.5 Å². The molecule has 0 atom stereocenters. The molecule has 0 bridgehead atoms. The number of aromatic nitrogens is 2. The van der Waals surface area contributed by atoms with Gasteiger partial charge in [0, 0.05) is 18.4 Å². The average Bonchev–Trinajstić information content (AvgIpc) is 2.74. The summed E-state index contributed by atoms with van der Waals surface area (Å²) < 4.78 is 15.8. The minimum Gasteiger partial charge on any atom is -0.497 e. The third-order valence-corrected chi connectivity index (χ3v) is 4.16. The highest BCUT2D eigenvalue weighted by Crippen LogP contribution is 2.27. The molecule has 0 spiro atoms. The van der Waals surface area contributed by atoms with E-state index in [0.717, 1.165) is 34.9 Å². The molecule has 0 radical (unpaired) electrons. The van der Waals surface area contributed by atoms with E-state index in [4.69, 9.17) is 14.2 Å². The maximum atomic E-state index is 5.34. The van der Waals surface area contributed by atoms with Gasteiger partial charge in [0.25, 0.3) is 0 Å². The van der Waals surface area contributed by atoms with Gasteiger partial charge in [-0.25, -0.2) is 4.98 Å². The fourth-order valence-electron chi connectivity index (χ4n) is 2.69. The number of rotatable bonds is 9. The van der Waals surface area contributed by atoms with Gasteiger partial charge in [-0.15, -0.1) is 0 Å². The Morgan fingerprint density at radius 1 is 0.857 bits per heavy atom. The van der Waals surface area contributed by atoms with Crippen LogP contribution in [0, 0.1) is 0 Å². The fourth-order valence-corrected chi connectivity index (χ4v) is 2.69. The number of anilines is 3. The van der Waals surface area contributed by atoms with E-state index in [2.05, 4.69) is 20.6 Å². The number of nitrogens with one attached hydrogen (secondary N) is 2. The van der Waals surface area contributed by atoms with E-state index < -0.39 is 0 Å². The Morgan fingerprint density at radius 2 is 1.64 bits per heavy atom. The van der Waals surface area contributed by atoms with Crippen LogP contribution in [0.2, 0.25) is 0 Å².